The number of carbonyl (C=O) groups is 1. The van der Waals surface area contributed by atoms with E-state index in [2.05, 4.69) is 26.2 Å². The highest BCUT2D eigenvalue weighted by molar-refractivity contribution is 9.10. The molecule has 3 rings (SSSR count). The van der Waals surface area contributed by atoms with Crippen LogP contribution >= 0.6 is 62.2 Å². The van der Waals surface area contributed by atoms with E-state index in [1.165, 1.54) is 23.1 Å². The summed E-state index contributed by atoms with van der Waals surface area (Å²) in [6, 6.07) is 12.9. The number of thioether (sulfide) groups is 1. The molecule has 1 amide bonds. The van der Waals surface area contributed by atoms with Crippen LogP contribution in [0, 0.1) is 0 Å². The van der Waals surface area contributed by atoms with E-state index in [9.17, 15) is 4.79 Å². The lowest BCUT2D eigenvalue weighted by Crippen LogP contribution is -2.14. The molecule has 3 aromatic rings. The van der Waals surface area contributed by atoms with Gasteiger partial charge in [-0.15, -0.1) is 11.3 Å². The number of amides is 1. The zero-order valence-corrected chi connectivity index (χ0v) is 17.4. The molecule has 0 aliphatic heterocycles. The number of benzene rings is 2. The molecular weight excluding hydrogens is 463 g/mol. The van der Waals surface area contributed by atoms with Crippen molar-refractivity contribution in [2.75, 3.05) is 11.1 Å². The van der Waals surface area contributed by atoms with Crippen LogP contribution in [-0.4, -0.2) is 16.6 Å². The number of aromatic nitrogens is 1. The molecular formula is C17H11BrCl2N2OS2. The van der Waals surface area contributed by atoms with Gasteiger partial charge in [0.05, 0.1) is 22.2 Å². The van der Waals surface area contributed by atoms with Gasteiger partial charge >= 0.3 is 0 Å². The molecule has 0 saturated heterocycles. The van der Waals surface area contributed by atoms with Gasteiger partial charge in [-0.1, -0.05) is 63.0 Å². The second-order valence-electron chi connectivity index (χ2n) is 4.97. The summed E-state index contributed by atoms with van der Waals surface area (Å²) in [4.78, 5) is 16.6. The molecule has 0 fully saturated rings. The lowest BCUT2D eigenvalue weighted by molar-refractivity contribution is -0.113. The van der Waals surface area contributed by atoms with Gasteiger partial charge in [0.25, 0.3) is 0 Å². The first-order valence-electron chi connectivity index (χ1n) is 7.10. The summed E-state index contributed by atoms with van der Waals surface area (Å²) in [5, 5.41) is 5.70. The van der Waals surface area contributed by atoms with Crippen molar-refractivity contribution in [1.82, 2.24) is 4.98 Å². The Kier molecular flexibility index (Phi) is 6.41. The summed E-state index contributed by atoms with van der Waals surface area (Å²) in [5.41, 5.74) is 2.50. The van der Waals surface area contributed by atoms with E-state index in [1.807, 2.05) is 29.6 Å². The van der Waals surface area contributed by atoms with Crippen LogP contribution in [0.1, 0.15) is 0 Å². The van der Waals surface area contributed by atoms with E-state index in [1.54, 1.807) is 18.2 Å². The molecule has 0 atom stereocenters. The number of carbonyl (C=O) groups excluding carboxylic acids is 1. The van der Waals surface area contributed by atoms with Gasteiger partial charge in [-0.05, 0) is 30.3 Å². The Morgan fingerprint density at radius 1 is 1.20 bits per heavy atom. The number of nitrogens with one attached hydrogen (secondary N) is 1. The maximum atomic E-state index is 12.1. The largest absolute Gasteiger partial charge is 0.324 e. The van der Waals surface area contributed by atoms with E-state index < -0.39 is 0 Å². The summed E-state index contributed by atoms with van der Waals surface area (Å²) in [5.74, 6) is 0.112. The van der Waals surface area contributed by atoms with E-state index >= 15 is 0 Å². The maximum Gasteiger partial charge on any atom is 0.234 e. The predicted molar refractivity (Wildman–Crippen MR) is 111 cm³/mol. The summed E-state index contributed by atoms with van der Waals surface area (Å²) in [6.45, 7) is 0. The third-order valence-corrected chi connectivity index (χ3v) is 6.25. The number of rotatable bonds is 5. The quantitative estimate of drug-likeness (QED) is 0.424. The van der Waals surface area contributed by atoms with Crippen LogP contribution in [0.2, 0.25) is 10.0 Å². The molecule has 0 aliphatic carbocycles. The van der Waals surface area contributed by atoms with Gasteiger partial charge in [-0.2, -0.15) is 0 Å². The summed E-state index contributed by atoms with van der Waals surface area (Å²) < 4.78 is 1.87. The van der Waals surface area contributed by atoms with Gasteiger partial charge in [0.2, 0.25) is 5.91 Å². The molecule has 3 nitrogen and oxygen atoms in total. The van der Waals surface area contributed by atoms with Gasteiger partial charge in [-0.25, -0.2) is 4.98 Å². The Morgan fingerprint density at radius 2 is 1.96 bits per heavy atom. The van der Waals surface area contributed by atoms with Crippen LogP contribution in [0.25, 0.3) is 11.3 Å². The number of hydrogen-bond donors (Lipinski definition) is 1. The minimum atomic E-state index is -0.144. The van der Waals surface area contributed by atoms with Gasteiger partial charge in [0, 0.05) is 20.4 Å². The fraction of sp³-hybridized carbons (Fsp3) is 0.0588. The molecule has 1 aromatic heterocycles. The summed E-state index contributed by atoms with van der Waals surface area (Å²) >= 11 is 18.2. The van der Waals surface area contributed by atoms with Crippen molar-refractivity contribution in [2.24, 2.45) is 0 Å². The third kappa shape index (κ3) is 5.21. The Balaban J connectivity index is 1.58. The number of anilines is 1. The topological polar surface area (TPSA) is 42.0 Å². The molecule has 0 saturated carbocycles. The first kappa shape index (κ1) is 18.7. The number of thiazole rings is 1. The number of hydrogen-bond acceptors (Lipinski definition) is 4. The van der Waals surface area contributed by atoms with Gasteiger partial charge in [-0.3, -0.25) is 4.79 Å². The van der Waals surface area contributed by atoms with E-state index in [0.29, 0.717) is 15.7 Å². The number of nitrogens with zero attached hydrogens (tertiary/aromatic N) is 1. The minimum Gasteiger partial charge on any atom is -0.324 e. The average Bonchev–Trinajstić information content (AvgIpc) is 3.05. The fourth-order valence-corrected chi connectivity index (χ4v) is 4.34. The third-order valence-electron chi connectivity index (χ3n) is 3.16. The monoisotopic (exact) mass is 472 g/mol. The highest BCUT2D eigenvalue weighted by atomic mass is 79.9. The Hall–Kier alpha value is -1.05. The van der Waals surface area contributed by atoms with Crippen molar-refractivity contribution < 1.29 is 4.79 Å². The Labute approximate surface area is 171 Å². The molecule has 8 heteroatoms. The van der Waals surface area contributed by atoms with Crippen molar-refractivity contribution in [2.45, 2.75) is 4.34 Å². The fourth-order valence-electron chi connectivity index (χ4n) is 1.98. The van der Waals surface area contributed by atoms with Crippen LogP contribution in [0.4, 0.5) is 5.69 Å². The minimum absolute atomic E-state index is 0.144. The van der Waals surface area contributed by atoms with Crippen molar-refractivity contribution in [3.8, 4) is 11.3 Å². The molecule has 0 radical (unpaired) electrons. The standard InChI is InChI=1S/C17H11BrCl2N2OS2/c18-11-3-1-10(2-4-11)15-8-24-17(22-15)25-9-16(23)21-14-6-5-12(19)7-13(14)20/h1-8H,9H2,(H,21,23). The van der Waals surface area contributed by atoms with Crippen molar-refractivity contribution >= 4 is 73.8 Å². The summed E-state index contributed by atoms with van der Waals surface area (Å²) in [7, 11) is 0. The zero-order valence-electron chi connectivity index (χ0n) is 12.6. The molecule has 2 aromatic carbocycles. The van der Waals surface area contributed by atoms with E-state index in [4.69, 9.17) is 23.2 Å². The molecule has 0 spiro atoms. The molecule has 1 N–H and O–H groups in total. The van der Waals surface area contributed by atoms with Crippen LogP contribution in [-0.2, 0) is 4.79 Å². The highest BCUT2D eigenvalue weighted by Gasteiger charge is 2.10. The number of halogens is 3. The van der Waals surface area contributed by atoms with E-state index in [-0.39, 0.29) is 11.7 Å². The second kappa shape index (κ2) is 8.56. The molecule has 0 bridgehead atoms. The van der Waals surface area contributed by atoms with Crippen LogP contribution < -0.4 is 5.32 Å². The molecule has 1 heterocycles. The Morgan fingerprint density at radius 3 is 2.68 bits per heavy atom. The SMILES string of the molecule is O=C(CSc1nc(-c2ccc(Br)cc2)cs1)Nc1ccc(Cl)cc1Cl. The summed E-state index contributed by atoms with van der Waals surface area (Å²) in [6.07, 6.45) is 0. The van der Waals surface area contributed by atoms with Gasteiger partial charge in [0.1, 0.15) is 0 Å². The first-order valence-corrected chi connectivity index (χ1v) is 10.5. The van der Waals surface area contributed by atoms with Crippen molar-refractivity contribution in [3.05, 3.63) is 62.4 Å². The maximum absolute atomic E-state index is 12.1. The Bertz CT molecular complexity index is 900. The van der Waals surface area contributed by atoms with Crippen molar-refractivity contribution in [3.63, 3.8) is 0 Å². The first-order chi connectivity index (χ1) is 12.0. The molecule has 0 unspecified atom stereocenters. The van der Waals surface area contributed by atoms with Gasteiger partial charge in [0.15, 0.2) is 4.34 Å². The lowest BCUT2D eigenvalue weighted by atomic mass is 10.2. The lowest BCUT2D eigenvalue weighted by Gasteiger charge is -2.06. The van der Waals surface area contributed by atoms with Crippen LogP contribution in [0.15, 0.2) is 56.7 Å². The highest BCUT2D eigenvalue weighted by Crippen LogP contribution is 2.30. The molecule has 25 heavy (non-hydrogen) atoms. The van der Waals surface area contributed by atoms with E-state index in [0.717, 1.165) is 20.1 Å². The molecule has 128 valence electrons. The van der Waals surface area contributed by atoms with Gasteiger partial charge < -0.3 is 5.32 Å². The average molecular weight is 474 g/mol. The molecule has 0 aliphatic rings. The van der Waals surface area contributed by atoms with Crippen LogP contribution in [0.5, 0.6) is 0 Å². The predicted octanol–water partition coefficient (Wildman–Crippen LogP) is 6.61. The zero-order chi connectivity index (χ0) is 17.8. The normalized spacial score (nSPS) is 10.7. The van der Waals surface area contributed by atoms with Crippen molar-refractivity contribution in [1.29, 1.82) is 0 Å². The smallest absolute Gasteiger partial charge is 0.234 e. The second-order valence-corrected chi connectivity index (χ2v) is 8.81. The van der Waals surface area contributed by atoms with Crippen LogP contribution in [0.3, 0.4) is 0 Å².